The predicted octanol–water partition coefficient (Wildman–Crippen LogP) is 1.13. The van der Waals surface area contributed by atoms with Crippen molar-refractivity contribution in [2.75, 3.05) is 7.11 Å². The summed E-state index contributed by atoms with van der Waals surface area (Å²) in [6.45, 7) is -0.0373. The fourth-order valence-electron chi connectivity index (χ4n) is 2.42. The van der Waals surface area contributed by atoms with E-state index >= 15 is 0 Å². The van der Waals surface area contributed by atoms with E-state index in [9.17, 15) is 12.8 Å². The van der Waals surface area contributed by atoms with Gasteiger partial charge in [-0.15, -0.1) is 0 Å². The molecule has 0 heterocycles. The number of hydrogen-bond donors (Lipinski definition) is 2. The van der Waals surface area contributed by atoms with E-state index in [-0.39, 0.29) is 29.1 Å². The molecule has 3 N–H and O–H groups in total. The fourth-order valence-corrected chi connectivity index (χ4v) is 3.76. The maximum absolute atomic E-state index is 13.3. The molecule has 0 saturated heterocycles. The zero-order valence-corrected chi connectivity index (χ0v) is 12.1. The van der Waals surface area contributed by atoms with Gasteiger partial charge in [0.1, 0.15) is 5.82 Å². The molecule has 0 spiro atoms. The highest BCUT2D eigenvalue weighted by Crippen LogP contribution is 2.23. The Morgan fingerprint density at radius 1 is 1.45 bits per heavy atom. The molecular weight excluding hydrogens is 283 g/mol. The van der Waals surface area contributed by atoms with E-state index in [1.54, 1.807) is 7.11 Å². The molecule has 0 aliphatic heterocycles. The first kappa shape index (κ1) is 15.4. The molecule has 7 heteroatoms. The van der Waals surface area contributed by atoms with E-state index in [0.717, 1.165) is 18.9 Å². The van der Waals surface area contributed by atoms with Gasteiger partial charge >= 0.3 is 0 Å². The molecule has 0 amide bonds. The van der Waals surface area contributed by atoms with Gasteiger partial charge in [-0.3, -0.25) is 0 Å². The van der Waals surface area contributed by atoms with Crippen molar-refractivity contribution in [2.24, 2.45) is 5.73 Å². The molecule has 1 saturated carbocycles. The van der Waals surface area contributed by atoms with Crippen LogP contribution in [0.2, 0.25) is 0 Å². The highest BCUT2D eigenvalue weighted by molar-refractivity contribution is 7.89. The Kier molecular flexibility index (Phi) is 4.74. The zero-order chi connectivity index (χ0) is 14.8. The van der Waals surface area contributed by atoms with Crippen LogP contribution >= 0.6 is 0 Å². The third-order valence-corrected chi connectivity index (χ3v) is 5.11. The minimum Gasteiger partial charge on any atom is -0.381 e. The maximum atomic E-state index is 13.3. The molecule has 2 unspecified atom stereocenters. The number of benzene rings is 1. The lowest BCUT2D eigenvalue weighted by Gasteiger charge is -2.14. The summed E-state index contributed by atoms with van der Waals surface area (Å²) in [5, 5.41) is 0. The lowest BCUT2D eigenvalue weighted by molar-refractivity contribution is 0.107. The van der Waals surface area contributed by atoms with Gasteiger partial charge in [-0.1, -0.05) is 0 Å². The Morgan fingerprint density at radius 2 is 2.20 bits per heavy atom. The Hall–Kier alpha value is -1.02. The molecule has 0 aromatic heterocycles. The second-order valence-electron chi connectivity index (χ2n) is 4.95. The number of halogens is 1. The van der Waals surface area contributed by atoms with E-state index in [1.165, 1.54) is 12.1 Å². The fraction of sp³-hybridized carbons (Fsp3) is 0.538. The molecular formula is C13H19FN2O3S. The molecule has 0 bridgehead atoms. The van der Waals surface area contributed by atoms with Crippen LogP contribution in [-0.2, 0) is 21.3 Å². The van der Waals surface area contributed by atoms with Gasteiger partial charge in [0.25, 0.3) is 0 Å². The van der Waals surface area contributed by atoms with Crippen LogP contribution in [0, 0.1) is 5.82 Å². The normalized spacial score (nSPS) is 23.1. The van der Waals surface area contributed by atoms with Crippen LogP contribution in [-0.4, -0.2) is 27.7 Å². The van der Waals surface area contributed by atoms with Gasteiger partial charge in [-0.2, -0.15) is 0 Å². The SMILES string of the molecule is COC1CCC(NS(=O)(=O)c2ccc(F)c(CN)c2)C1. The van der Waals surface area contributed by atoms with Crippen molar-refractivity contribution in [2.45, 2.75) is 42.8 Å². The van der Waals surface area contributed by atoms with E-state index in [1.807, 2.05) is 0 Å². The summed E-state index contributed by atoms with van der Waals surface area (Å²) in [4.78, 5) is 0.0419. The number of rotatable bonds is 5. The summed E-state index contributed by atoms with van der Waals surface area (Å²) in [6.07, 6.45) is 2.32. The Labute approximate surface area is 118 Å². The molecule has 1 aliphatic carbocycles. The number of nitrogens with two attached hydrogens (primary N) is 1. The molecule has 5 nitrogen and oxygen atoms in total. The Balaban J connectivity index is 2.14. The number of sulfonamides is 1. The Bertz CT molecular complexity index is 577. The zero-order valence-electron chi connectivity index (χ0n) is 11.3. The maximum Gasteiger partial charge on any atom is 0.240 e. The van der Waals surface area contributed by atoms with E-state index in [0.29, 0.717) is 6.42 Å². The molecule has 0 radical (unpaired) electrons. The van der Waals surface area contributed by atoms with Gasteiger partial charge < -0.3 is 10.5 Å². The highest BCUT2D eigenvalue weighted by Gasteiger charge is 2.28. The molecule has 1 aromatic rings. The number of methoxy groups -OCH3 is 1. The second kappa shape index (κ2) is 6.17. The van der Waals surface area contributed by atoms with Crippen LogP contribution in [0.1, 0.15) is 24.8 Å². The van der Waals surface area contributed by atoms with Gasteiger partial charge in [-0.25, -0.2) is 17.5 Å². The molecule has 1 aliphatic rings. The lowest BCUT2D eigenvalue weighted by Crippen LogP contribution is -2.33. The summed E-state index contributed by atoms with van der Waals surface area (Å²) in [5.41, 5.74) is 5.58. The van der Waals surface area contributed by atoms with Gasteiger partial charge in [0.2, 0.25) is 10.0 Å². The molecule has 112 valence electrons. The van der Waals surface area contributed by atoms with Crippen LogP contribution in [0.3, 0.4) is 0 Å². The predicted molar refractivity (Wildman–Crippen MR) is 73.0 cm³/mol. The third kappa shape index (κ3) is 3.35. The lowest BCUT2D eigenvalue weighted by atomic mass is 10.2. The van der Waals surface area contributed by atoms with Gasteiger partial charge in [0.05, 0.1) is 11.0 Å². The molecule has 1 aromatic carbocycles. The summed E-state index contributed by atoms with van der Waals surface area (Å²) in [5.74, 6) is -0.494. The standard InChI is InChI=1S/C13H19FN2O3S/c1-19-11-3-2-10(7-11)16-20(17,18)12-4-5-13(14)9(6-12)8-15/h4-6,10-11,16H,2-3,7-8,15H2,1H3. The van der Waals surface area contributed by atoms with Crippen molar-refractivity contribution >= 4 is 10.0 Å². The van der Waals surface area contributed by atoms with Crippen molar-refractivity contribution in [3.8, 4) is 0 Å². The van der Waals surface area contributed by atoms with Crippen molar-refractivity contribution < 1.29 is 17.5 Å². The molecule has 20 heavy (non-hydrogen) atoms. The first-order valence-corrected chi connectivity index (χ1v) is 7.98. The number of hydrogen-bond acceptors (Lipinski definition) is 4. The minimum absolute atomic E-state index is 0.0373. The monoisotopic (exact) mass is 302 g/mol. The van der Waals surface area contributed by atoms with Crippen LogP contribution in [0.4, 0.5) is 4.39 Å². The Morgan fingerprint density at radius 3 is 2.80 bits per heavy atom. The summed E-state index contributed by atoms with van der Waals surface area (Å²) in [7, 11) is -2.03. The van der Waals surface area contributed by atoms with Crippen molar-refractivity contribution in [3.05, 3.63) is 29.6 Å². The summed E-state index contributed by atoms with van der Waals surface area (Å²) in [6, 6.07) is 3.51. The highest BCUT2D eigenvalue weighted by atomic mass is 32.2. The average Bonchev–Trinajstić information content (AvgIpc) is 2.86. The first-order chi connectivity index (χ1) is 9.46. The number of nitrogens with one attached hydrogen (secondary N) is 1. The number of ether oxygens (including phenoxy) is 1. The quantitative estimate of drug-likeness (QED) is 0.854. The van der Waals surface area contributed by atoms with Gasteiger partial charge in [0.15, 0.2) is 0 Å². The van der Waals surface area contributed by atoms with E-state index in [4.69, 9.17) is 10.5 Å². The minimum atomic E-state index is -3.65. The molecule has 2 rings (SSSR count). The largest absolute Gasteiger partial charge is 0.381 e. The average molecular weight is 302 g/mol. The summed E-state index contributed by atoms with van der Waals surface area (Å²) < 4.78 is 45.7. The van der Waals surface area contributed by atoms with E-state index in [2.05, 4.69) is 4.72 Å². The third-order valence-electron chi connectivity index (χ3n) is 3.59. The van der Waals surface area contributed by atoms with Crippen LogP contribution in [0.15, 0.2) is 23.1 Å². The second-order valence-corrected chi connectivity index (χ2v) is 6.66. The summed E-state index contributed by atoms with van der Waals surface area (Å²) >= 11 is 0. The van der Waals surface area contributed by atoms with Crippen molar-refractivity contribution in [1.82, 2.24) is 4.72 Å². The van der Waals surface area contributed by atoms with Crippen LogP contribution in [0.5, 0.6) is 0 Å². The molecule has 1 fully saturated rings. The van der Waals surface area contributed by atoms with Crippen molar-refractivity contribution in [3.63, 3.8) is 0 Å². The van der Waals surface area contributed by atoms with Crippen LogP contribution < -0.4 is 10.5 Å². The molecule has 2 atom stereocenters. The van der Waals surface area contributed by atoms with Gasteiger partial charge in [0, 0.05) is 25.3 Å². The topological polar surface area (TPSA) is 81.4 Å². The van der Waals surface area contributed by atoms with Gasteiger partial charge in [-0.05, 0) is 37.5 Å². The van der Waals surface area contributed by atoms with Crippen LogP contribution in [0.25, 0.3) is 0 Å². The van der Waals surface area contributed by atoms with E-state index < -0.39 is 15.8 Å². The first-order valence-electron chi connectivity index (χ1n) is 6.50. The smallest absolute Gasteiger partial charge is 0.240 e. The van der Waals surface area contributed by atoms with Crippen molar-refractivity contribution in [1.29, 1.82) is 0 Å².